The molecule has 2 fully saturated rings. The molecule has 2 saturated heterocycles. The summed E-state index contributed by atoms with van der Waals surface area (Å²) in [6.45, 7) is 4.39. The summed E-state index contributed by atoms with van der Waals surface area (Å²) >= 11 is 0. The highest BCUT2D eigenvalue weighted by molar-refractivity contribution is 5.50. The SMILES string of the molecule is COc1ccc(CC2CCN(c3ccc(OC)cc3)CC2)cc1.Oc1ccc(CC2CCN(c3ccc(O)cc3)CC2)cc1. The number of hydrogen-bond acceptors (Lipinski definition) is 6. The van der Waals surface area contributed by atoms with Gasteiger partial charge in [0.1, 0.15) is 23.0 Å². The van der Waals surface area contributed by atoms with E-state index in [9.17, 15) is 10.2 Å². The van der Waals surface area contributed by atoms with Crippen LogP contribution in [0.1, 0.15) is 36.8 Å². The number of hydrogen-bond donors (Lipinski definition) is 2. The Labute approximate surface area is 262 Å². The molecule has 0 aromatic heterocycles. The third-order valence-corrected chi connectivity index (χ3v) is 9.03. The van der Waals surface area contributed by atoms with Crippen molar-refractivity contribution in [3.63, 3.8) is 0 Å². The maximum Gasteiger partial charge on any atom is 0.119 e. The summed E-state index contributed by atoms with van der Waals surface area (Å²) in [4.78, 5) is 4.86. The van der Waals surface area contributed by atoms with Gasteiger partial charge in [-0.3, -0.25) is 0 Å². The van der Waals surface area contributed by atoms with Gasteiger partial charge in [0.2, 0.25) is 0 Å². The molecule has 2 aliphatic rings. The maximum atomic E-state index is 9.34. The summed E-state index contributed by atoms with van der Waals surface area (Å²) < 4.78 is 10.5. The summed E-state index contributed by atoms with van der Waals surface area (Å²) in [5.41, 5.74) is 5.20. The molecule has 2 aliphatic heterocycles. The van der Waals surface area contributed by atoms with Gasteiger partial charge in [-0.1, -0.05) is 24.3 Å². The largest absolute Gasteiger partial charge is 0.508 e. The fraction of sp³-hybridized carbons (Fsp3) is 0.368. The van der Waals surface area contributed by atoms with Gasteiger partial charge in [-0.2, -0.15) is 0 Å². The average Bonchev–Trinajstić information content (AvgIpc) is 3.08. The molecule has 0 unspecified atom stereocenters. The number of piperidine rings is 2. The van der Waals surface area contributed by atoms with E-state index in [4.69, 9.17) is 9.47 Å². The second kappa shape index (κ2) is 15.4. The molecule has 0 atom stereocenters. The van der Waals surface area contributed by atoms with E-state index in [2.05, 4.69) is 46.2 Å². The predicted octanol–water partition coefficient (Wildman–Crippen LogP) is 7.72. The van der Waals surface area contributed by atoms with Crippen LogP contribution in [0.5, 0.6) is 23.0 Å². The summed E-state index contributed by atoms with van der Waals surface area (Å²) in [6.07, 6.45) is 7.11. The summed E-state index contributed by atoms with van der Waals surface area (Å²) in [6, 6.07) is 31.9. The Hall–Kier alpha value is -4.32. The molecule has 0 spiro atoms. The van der Waals surface area contributed by atoms with Crippen molar-refractivity contribution in [2.75, 3.05) is 50.2 Å². The molecule has 0 saturated carbocycles. The number of benzene rings is 4. The Bertz CT molecular complexity index is 1390. The first kappa shape index (κ1) is 31.1. The van der Waals surface area contributed by atoms with E-state index in [0.29, 0.717) is 17.4 Å². The van der Waals surface area contributed by atoms with Crippen LogP contribution in [0.3, 0.4) is 0 Å². The fourth-order valence-corrected chi connectivity index (χ4v) is 6.31. The molecule has 6 heteroatoms. The van der Waals surface area contributed by atoms with Gasteiger partial charge in [0.25, 0.3) is 0 Å². The van der Waals surface area contributed by atoms with Gasteiger partial charge < -0.3 is 29.5 Å². The van der Waals surface area contributed by atoms with E-state index in [1.165, 1.54) is 54.6 Å². The lowest BCUT2D eigenvalue weighted by atomic mass is 9.90. The van der Waals surface area contributed by atoms with Crippen molar-refractivity contribution in [1.82, 2.24) is 0 Å². The molecule has 2 N–H and O–H groups in total. The lowest BCUT2D eigenvalue weighted by Crippen LogP contribution is -2.34. The van der Waals surface area contributed by atoms with Crippen LogP contribution in [0.2, 0.25) is 0 Å². The monoisotopic (exact) mass is 594 g/mol. The van der Waals surface area contributed by atoms with Gasteiger partial charge in [-0.15, -0.1) is 0 Å². The average molecular weight is 595 g/mol. The van der Waals surface area contributed by atoms with Gasteiger partial charge in [-0.25, -0.2) is 0 Å². The number of phenols is 2. The molecule has 2 heterocycles. The standard InChI is InChI=1S/C20H25NO2.C18H21NO2/c1-22-19-7-3-16(4-8-19)15-17-11-13-21(14-12-17)18-5-9-20(23-2)10-6-18;20-17-5-1-14(2-6-17)13-15-9-11-19(12-10-15)16-3-7-18(21)8-4-16/h3-10,17H,11-15H2,1-2H3;1-8,15,20-21H,9-13H2. The molecule has 0 bridgehead atoms. The molecule has 4 aromatic rings. The van der Waals surface area contributed by atoms with Crippen molar-refractivity contribution in [1.29, 1.82) is 0 Å². The van der Waals surface area contributed by atoms with Gasteiger partial charge >= 0.3 is 0 Å². The quantitative estimate of drug-likeness (QED) is 0.218. The molecule has 4 aromatic carbocycles. The Morgan fingerprint density at radius 2 is 0.818 bits per heavy atom. The van der Waals surface area contributed by atoms with Crippen molar-refractivity contribution >= 4 is 11.4 Å². The van der Waals surface area contributed by atoms with Crippen molar-refractivity contribution < 1.29 is 19.7 Å². The zero-order chi connectivity index (χ0) is 30.7. The Morgan fingerprint density at radius 3 is 1.20 bits per heavy atom. The first-order chi connectivity index (χ1) is 21.5. The van der Waals surface area contributed by atoms with E-state index in [0.717, 1.165) is 50.0 Å². The Balaban J connectivity index is 0.000000175. The van der Waals surface area contributed by atoms with Crippen LogP contribution in [0.15, 0.2) is 97.1 Å². The lowest BCUT2D eigenvalue weighted by molar-refractivity contribution is 0.401. The third kappa shape index (κ3) is 8.85. The third-order valence-electron chi connectivity index (χ3n) is 9.03. The van der Waals surface area contributed by atoms with Crippen molar-refractivity contribution in [2.24, 2.45) is 11.8 Å². The van der Waals surface area contributed by atoms with Crippen LogP contribution in [0.25, 0.3) is 0 Å². The highest BCUT2D eigenvalue weighted by atomic mass is 16.5. The smallest absolute Gasteiger partial charge is 0.119 e. The van der Waals surface area contributed by atoms with Crippen LogP contribution >= 0.6 is 0 Å². The van der Waals surface area contributed by atoms with Gasteiger partial charge in [-0.05, 0) is 134 Å². The molecule has 6 rings (SSSR count). The molecule has 0 amide bonds. The van der Waals surface area contributed by atoms with Crippen LogP contribution in [-0.4, -0.2) is 50.6 Å². The van der Waals surface area contributed by atoms with E-state index in [1.807, 2.05) is 36.4 Å². The van der Waals surface area contributed by atoms with Gasteiger partial charge in [0.15, 0.2) is 0 Å². The fourth-order valence-electron chi connectivity index (χ4n) is 6.31. The first-order valence-electron chi connectivity index (χ1n) is 15.8. The van der Waals surface area contributed by atoms with Crippen molar-refractivity contribution in [3.8, 4) is 23.0 Å². The molecule has 6 nitrogen and oxygen atoms in total. The first-order valence-corrected chi connectivity index (χ1v) is 15.8. The minimum Gasteiger partial charge on any atom is -0.508 e. The Morgan fingerprint density at radius 1 is 0.500 bits per heavy atom. The maximum absolute atomic E-state index is 9.34. The predicted molar refractivity (Wildman–Crippen MR) is 179 cm³/mol. The number of methoxy groups -OCH3 is 2. The van der Waals surface area contributed by atoms with Gasteiger partial charge in [0.05, 0.1) is 14.2 Å². The molecule has 232 valence electrons. The Kier molecular flexibility index (Phi) is 10.9. The van der Waals surface area contributed by atoms with Crippen molar-refractivity contribution in [2.45, 2.75) is 38.5 Å². The highest BCUT2D eigenvalue weighted by Crippen LogP contribution is 2.29. The van der Waals surface area contributed by atoms with Crippen LogP contribution in [-0.2, 0) is 12.8 Å². The summed E-state index contributed by atoms with van der Waals surface area (Å²) in [7, 11) is 3.42. The number of rotatable bonds is 8. The minimum absolute atomic E-state index is 0.320. The lowest BCUT2D eigenvalue weighted by Gasteiger charge is -2.33. The number of aromatic hydroxyl groups is 2. The minimum atomic E-state index is 0.320. The van der Waals surface area contributed by atoms with Crippen LogP contribution in [0, 0.1) is 11.8 Å². The van der Waals surface area contributed by atoms with Crippen molar-refractivity contribution in [3.05, 3.63) is 108 Å². The number of nitrogens with zero attached hydrogens (tertiary/aromatic N) is 2. The molecule has 0 aliphatic carbocycles. The highest BCUT2D eigenvalue weighted by Gasteiger charge is 2.21. The number of ether oxygens (including phenoxy) is 2. The normalized spacial score (nSPS) is 15.8. The second-order valence-corrected chi connectivity index (χ2v) is 12.0. The van der Waals surface area contributed by atoms with Gasteiger partial charge in [0, 0.05) is 37.6 Å². The molecule has 0 radical (unpaired) electrons. The van der Waals surface area contributed by atoms with E-state index in [1.54, 1.807) is 38.5 Å². The van der Waals surface area contributed by atoms with Crippen LogP contribution < -0.4 is 19.3 Å². The second-order valence-electron chi connectivity index (χ2n) is 12.0. The molecule has 44 heavy (non-hydrogen) atoms. The van der Waals surface area contributed by atoms with E-state index < -0.39 is 0 Å². The van der Waals surface area contributed by atoms with E-state index in [-0.39, 0.29) is 0 Å². The zero-order valence-corrected chi connectivity index (χ0v) is 26.1. The summed E-state index contributed by atoms with van der Waals surface area (Å²) in [5, 5.41) is 18.7. The topological polar surface area (TPSA) is 65.4 Å². The molecular formula is C38H46N2O4. The number of phenolic OH excluding ortho intramolecular Hbond substituents is 2. The zero-order valence-electron chi connectivity index (χ0n) is 26.1. The molecular weight excluding hydrogens is 548 g/mol. The van der Waals surface area contributed by atoms with E-state index >= 15 is 0 Å². The number of anilines is 2. The summed E-state index contributed by atoms with van der Waals surface area (Å²) in [5.74, 6) is 3.99. The van der Waals surface area contributed by atoms with Crippen LogP contribution in [0.4, 0.5) is 11.4 Å².